The first kappa shape index (κ1) is 20.3. The molecule has 1 aliphatic carbocycles. The molecule has 1 N–H and O–H groups in total. The number of amides is 1. The molecule has 0 fully saturated rings. The lowest BCUT2D eigenvalue weighted by atomic mass is 9.95. The third-order valence-electron chi connectivity index (χ3n) is 5.44. The van der Waals surface area contributed by atoms with Crippen molar-refractivity contribution in [2.45, 2.75) is 38.8 Å². The monoisotopic (exact) mass is 406 g/mol. The van der Waals surface area contributed by atoms with Gasteiger partial charge in [0, 0.05) is 24.3 Å². The van der Waals surface area contributed by atoms with Gasteiger partial charge in [0.2, 0.25) is 0 Å². The van der Waals surface area contributed by atoms with Crippen LogP contribution in [0.15, 0.2) is 48.5 Å². The second-order valence-corrected chi connectivity index (χ2v) is 8.11. The first-order valence-corrected chi connectivity index (χ1v) is 10.4. The predicted molar refractivity (Wildman–Crippen MR) is 115 cm³/mol. The normalized spacial score (nSPS) is 13.3. The third kappa shape index (κ3) is 4.44. The van der Waals surface area contributed by atoms with Crippen LogP contribution in [0.1, 0.15) is 45.7 Å². The van der Waals surface area contributed by atoms with E-state index in [-0.39, 0.29) is 11.7 Å². The van der Waals surface area contributed by atoms with Crippen molar-refractivity contribution in [3.05, 3.63) is 82.4 Å². The zero-order chi connectivity index (χ0) is 21.1. The number of carbonyl (C=O) groups excluding carboxylic acids is 1. The average molecular weight is 407 g/mol. The number of halogens is 1. The smallest absolute Gasteiger partial charge is 0.272 e. The number of rotatable bonds is 6. The summed E-state index contributed by atoms with van der Waals surface area (Å²) in [6.45, 7) is 1.35. The van der Waals surface area contributed by atoms with Crippen molar-refractivity contribution in [1.82, 2.24) is 20.0 Å². The quantitative estimate of drug-likeness (QED) is 0.676. The van der Waals surface area contributed by atoms with Gasteiger partial charge in [-0.25, -0.2) is 9.07 Å². The highest BCUT2D eigenvalue weighted by Gasteiger charge is 2.25. The summed E-state index contributed by atoms with van der Waals surface area (Å²) in [5.74, 6) is -0.444. The van der Waals surface area contributed by atoms with Crippen LogP contribution in [0.5, 0.6) is 0 Å². The Bertz CT molecular complexity index is 1020. The molecule has 1 aliphatic rings. The number of aromatic nitrogens is 2. The maximum Gasteiger partial charge on any atom is 0.272 e. The van der Waals surface area contributed by atoms with Gasteiger partial charge in [0.05, 0.1) is 5.69 Å². The second kappa shape index (κ2) is 8.79. The van der Waals surface area contributed by atoms with Crippen LogP contribution in [0.3, 0.4) is 0 Å². The van der Waals surface area contributed by atoms with Crippen molar-refractivity contribution >= 4 is 5.91 Å². The van der Waals surface area contributed by atoms with Gasteiger partial charge in [0.25, 0.3) is 5.91 Å². The molecule has 2 aromatic carbocycles. The lowest BCUT2D eigenvalue weighted by Crippen LogP contribution is -2.24. The highest BCUT2D eigenvalue weighted by atomic mass is 19.1. The standard InChI is InChI=1S/C24H27FN4O/c1-28(2)16-18-9-7-17(8-10-18)15-26-24(30)23-21-5-3-4-6-22(21)29(27-23)20-13-11-19(25)12-14-20/h7-14H,3-6,15-16H2,1-2H3,(H,26,30). The minimum absolute atomic E-state index is 0.161. The van der Waals surface area contributed by atoms with Crippen molar-refractivity contribution in [3.8, 4) is 5.69 Å². The molecule has 0 aliphatic heterocycles. The van der Waals surface area contributed by atoms with Gasteiger partial charge in [-0.05, 0) is 75.2 Å². The van der Waals surface area contributed by atoms with Crippen LogP contribution in [-0.2, 0) is 25.9 Å². The largest absolute Gasteiger partial charge is 0.347 e. The number of carbonyl (C=O) groups is 1. The molecule has 0 radical (unpaired) electrons. The van der Waals surface area contributed by atoms with Crippen LogP contribution in [-0.4, -0.2) is 34.7 Å². The molecule has 156 valence electrons. The molecule has 0 saturated heterocycles. The number of nitrogens with one attached hydrogen (secondary N) is 1. The lowest BCUT2D eigenvalue weighted by Gasteiger charge is -2.14. The van der Waals surface area contributed by atoms with Crippen molar-refractivity contribution in [2.24, 2.45) is 0 Å². The second-order valence-electron chi connectivity index (χ2n) is 8.11. The van der Waals surface area contributed by atoms with Gasteiger partial charge in [0.15, 0.2) is 5.69 Å². The topological polar surface area (TPSA) is 50.2 Å². The van der Waals surface area contributed by atoms with Gasteiger partial charge in [-0.1, -0.05) is 24.3 Å². The molecular weight excluding hydrogens is 379 g/mol. The third-order valence-corrected chi connectivity index (χ3v) is 5.44. The van der Waals surface area contributed by atoms with E-state index in [1.165, 1.54) is 17.7 Å². The van der Waals surface area contributed by atoms with E-state index in [1.54, 1.807) is 16.8 Å². The Hall–Kier alpha value is -2.99. The van der Waals surface area contributed by atoms with E-state index >= 15 is 0 Å². The van der Waals surface area contributed by atoms with E-state index in [0.717, 1.165) is 54.7 Å². The molecule has 0 unspecified atom stereocenters. The molecule has 5 nitrogen and oxygen atoms in total. The lowest BCUT2D eigenvalue weighted by molar-refractivity contribution is 0.0944. The molecule has 1 heterocycles. The van der Waals surface area contributed by atoms with Gasteiger partial charge in [0.1, 0.15) is 5.82 Å². The number of hydrogen-bond donors (Lipinski definition) is 1. The Morgan fingerprint density at radius 2 is 1.70 bits per heavy atom. The minimum Gasteiger partial charge on any atom is -0.347 e. The molecule has 0 atom stereocenters. The number of nitrogens with zero attached hydrogens (tertiary/aromatic N) is 3. The first-order valence-electron chi connectivity index (χ1n) is 10.4. The number of benzene rings is 2. The van der Waals surface area contributed by atoms with Crippen LogP contribution >= 0.6 is 0 Å². The molecule has 1 aromatic heterocycles. The summed E-state index contributed by atoms with van der Waals surface area (Å²) >= 11 is 0. The van der Waals surface area contributed by atoms with Crippen molar-refractivity contribution < 1.29 is 9.18 Å². The van der Waals surface area contributed by atoms with Gasteiger partial charge in [-0.2, -0.15) is 5.10 Å². The number of fused-ring (bicyclic) bond motifs is 1. The zero-order valence-corrected chi connectivity index (χ0v) is 17.5. The van der Waals surface area contributed by atoms with Crippen molar-refractivity contribution in [1.29, 1.82) is 0 Å². The highest BCUT2D eigenvalue weighted by Crippen LogP contribution is 2.27. The van der Waals surface area contributed by atoms with E-state index < -0.39 is 0 Å². The fourth-order valence-corrected chi connectivity index (χ4v) is 3.97. The molecular formula is C24H27FN4O. The molecule has 1 amide bonds. The van der Waals surface area contributed by atoms with Gasteiger partial charge >= 0.3 is 0 Å². The molecule has 30 heavy (non-hydrogen) atoms. The molecule has 6 heteroatoms. The summed E-state index contributed by atoms with van der Waals surface area (Å²) in [7, 11) is 4.08. The predicted octanol–water partition coefficient (Wildman–Crippen LogP) is 3.88. The summed E-state index contributed by atoms with van der Waals surface area (Å²) in [4.78, 5) is 15.1. The van der Waals surface area contributed by atoms with Crippen LogP contribution in [0.2, 0.25) is 0 Å². The fraction of sp³-hybridized carbons (Fsp3) is 0.333. The minimum atomic E-state index is -0.283. The Labute approximate surface area is 176 Å². The van der Waals surface area contributed by atoms with E-state index in [1.807, 2.05) is 26.2 Å². The van der Waals surface area contributed by atoms with E-state index in [0.29, 0.717) is 12.2 Å². The Kier molecular flexibility index (Phi) is 5.95. The highest BCUT2D eigenvalue weighted by molar-refractivity contribution is 5.94. The summed E-state index contributed by atoms with van der Waals surface area (Å²) in [5, 5.41) is 7.64. The Morgan fingerprint density at radius 3 is 2.40 bits per heavy atom. The van der Waals surface area contributed by atoms with Gasteiger partial charge in [-0.15, -0.1) is 0 Å². The van der Waals surface area contributed by atoms with Crippen LogP contribution in [0.25, 0.3) is 5.69 Å². The SMILES string of the molecule is CN(C)Cc1ccc(CNC(=O)c2nn(-c3ccc(F)cc3)c3c2CCCC3)cc1. The summed E-state index contributed by atoms with van der Waals surface area (Å²) in [6, 6.07) is 14.5. The maximum absolute atomic E-state index is 13.3. The van der Waals surface area contributed by atoms with Crippen molar-refractivity contribution in [3.63, 3.8) is 0 Å². The fourth-order valence-electron chi connectivity index (χ4n) is 3.97. The van der Waals surface area contributed by atoms with Gasteiger partial charge in [-0.3, -0.25) is 4.79 Å². The summed E-state index contributed by atoms with van der Waals surface area (Å²) in [5.41, 5.74) is 5.64. The summed E-state index contributed by atoms with van der Waals surface area (Å²) < 4.78 is 15.1. The molecule has 0 spiro atoms. The van der Waals surface area contributed by atoms with Crippen LogP contribution in [0.4, 0.5) is 4.39 Å². The Morgan fingerprint density at radius 1 is 1.03 bits per heavy atom. The van der Waals surface area contributed by atoms with E-state index in [4.69, 9.17) is 0 Å². The van der Waals surface area contributed by atoms with E-state index in [2.05, 4.69) is 27.4 Å². The van der Waals surface area contributed by atoms with Crippen molar-refractivity contribution in [2.75, 3.05) is 14.1 Å². The van der Waals surface area contributed by atoms with Crippen LogP contribution in [0, 0.1) is 5.82 Å². The zero-order valence-electron chi connectivity index (χ0n) is 17.5. The van der Waals surface area contributed by atoms with Crippen LogP contribution < -0.4 is 5.32 Å². The Balaban J connectivity index is 1.52. The molecule has 3 aromatic rings. The average Bonchev–Trinajstić information content (AvgIpc) is 3.13. The number of hydrogen-bond acceptors (Lipinski definition) is 3. The first-order chi connectivity index (χ1) is 14.5. The molecule has 0 saturated carbocycles. The van der Waals surface area contributed by atoms with Gasteiger partial charge < -0.3 is 10.2 Å². The van der Waals surface area contributed by atoms with E-state index in [9.17, 15) is 9.18 Å². The molecule has 0 bridgehead atoms. The molecule has 4 rings (SSSR count). The maximum atomic E-state index is 13.3. The summed E-state index contributed by atoms with van der Waals surface area (Å²) in [6.07, 6.45) is 3.84.